The van der Waals surface area contributed by atoms with Gasteiger partial charge in [-0.1, -0.05) is 67.1 Å². The average Bonchev–Trinajstić information content (AvgIpc) is 3.06. The van der Waals surface area contributed by atoms with Crippen molar-refractivity contribution in [2.24, 2.45) is 0 Å². The molecule has 1 fully saturated rings. The molecule has 0 unspecified atom stereocenters. The Balaban J connectivity index is 1.46. The fourth-order valence-electron chi connectivity index (χ4n) is 4.75. The number of hydrogen-bond donors (Lipinski definition) is 0. The molecule has 0 aliphatic carbocycles. The molecular formula is C27H26N2O2. The lowest BCUT2D eigenvalue weighted by atomic mass is 9.94. The molecule has 5 rings (SSSR count). The molecule has 2 aliphatic rings. The number of benzene rings is 3. The molecule has 4 nitrogen and oxygen atoms in total. The van der Waals surface area contributed by atoms with Crippen LogP contribution in [0.1, 0.15) is 51.1 Å². The van der Waals surface area contributed by atoms with E-state index in [-0.39, 0.29) is 18.4 Å². The SMILES string of the molecule is O=C1c2ccccc2C(=O)N1Cc1ccccc1-c1ccccc1CN1CCCCC1. The zero-order valence-electron chi connectivity index (χ0n) is 17.6. The molecule has 0 atom stereocenters. The van der Waals surface area contributed by atoms with Gasteiger partial charge >= 0.3 is 0 Å². The minimum Gasteiger partial charge on any atom is -0.299 e. The molecule has 2 heterocycles. The highest BCUT2D eigenvalue weighted by Gasteiger charge is 2.35. The molecule has 2 aliphatic heterocycles. The third-order valence-corrected chi connectivity index (χ3v) is 6.37. The Morgan fingerprint density at radius 1 is 0.548 bits per heavy atom. The minimum atomic E-state index is -0.211. The Labute approximate surface area is 183 Å². The van der Waals surface area contributed by atoms with Crippen molar-refractivity contribution in [3.8, 4) is 11.1 Å². The lowest BCUT2D eigenvalue weighted by molar-refractivity contribution is 0.0642. The van der Waals surface area contributed by atoms with Gasteiger partial charge in [0, 0.05) is 6.54 Å². The summed E-state index contributed by atoms with van der Waals surface area (Å²) in [6.07, 6.45) is 3.85. The van der Waals surface area contributed by atoms with Gasteiger partial charge in [0.25, 0.3) is 11.8 Å². The zero-order chi connectivity index (χ0) is 21.2. The van der Waals surface area contributed by atoms with Crippen LogP contribution in [-0.4, -0.2) is 34.7 Å². The van der Waals surface area contributed by atoms with Gasteiger partial charge < -0.3 is 0 Å². The number of piperidine rings is 1. The number of carbonyl (C=O) groups excluding carboxylic acids is 2. The molecule has 1 saturated heterocycles. The largest absolute Gasteiger partial charge is 0.299 e. The lowest BCUT2D eigenvalue weighted by Gasteiger charge is -2.27. The number of likely N-dealkylation sites (tertiary alicyclic amines) is 1. The van der Waals surface area contributed by atoms with E-state index >= 15 is 0 Å². The maximum Gasteiger partial charge on any atom is 0.261 e. The highest BCUT2D eigenvalue weighted by atomic mass is 16.2. The van der Waals surface area contributed by atoms with E-state index in [9.17, 15) is 9.59 Å². The van der Waals surface area contributed by atoms with Crippen LogP contribution < -0.4 is 0 Å². The Bertz CT molecular complexity index is 1100. The quantitative estimate of drug-likeness (QED) is 0.547. The van der Waals surface area contributed by atoms with Crippen LogP contribution in [0.2, 0.25) is 0 Å². The summed E-state index contributed by atoms with van der Waals surface area (Å²) in [5.74, 6) is -0.422. The Hall–Kier alpha value is -3.24. The minimum absolute atomic E-state index is 0.211. The fourth-order valence-corrected chi connectivity index (χ4v) is 4.75. The van der Waals surface area contributed by atoms with Crippen LogP contribution in [0.15, 0.2) is 72.8 Å². The number of rotatable bonds is 5. The van der Waals surface area contributed by atoms with Gasteiger partial charge in [-0.15, -0.1) is 0 Å². The van der Waals surface area contributed by atoms with Crippen molar-refractivity contribution in [3.63, 3.8) is 0 Å². The first-order chi connectivity index (χ1) is 15.2. The van der Waals surface area contributed by atoms with E-state index in [1.54, 1.807) is 24.3 Å². The van der Waals surface area contributed by atoms with Crippen LogP contribution in [0.5, 0.6) is 0 Å². The van der Waals surface area contributed by atoms with Crippen LogP contribution >= 0.6 is 0 Å². The fraction of sp³-hybridized carbons (Fsp3) is 0.259. The molecular weight excluding hydrogens is 384 g/mol. The normalized spacial score (nSPS) is 16.6. The van der Waals surface area contributed by atoms with Gasteiger partial charge in [-0.2, -0.15) is 0 Å². The summed E-state index contributed by atoms with van der Waals surface area (Å²) in [5, 5.41) is 0. The molecule has 0 spiro atoms. The summed E-state index contributed by atoms with van der Waals surface area (Å²) >= 11 is 0. The van der Waals surface area contributed by atoms with Gasteiger partial charge in [-0.3, -0.25) is 19.4 Å². The molecule has 3 aromatic carbocycles. The van der Waals surface area contributed by atoms with Gasteiger partial charge in [-0.25, -0.2) is 0 Å². The average molecular weight is 411 g/mol. The van der Waals surface area contributed by atoms with Crippen LogP contribution in [-0.2, 0) is 13.1 Å². The molecule has 0 bridgehead atoms. The summed E-state index contributed by atoms with van der Waals surface area (Å²) in [7, 11) is 0. The van der Waals surface area contributed by atoms with E-state index in [1.165, 1.54) is 35.3 Å². The summed E-state index contributed by atoms with van der Waals surface area (Å²) in [5.41, 5.74) is 5.54. The molecule has 0 N–H and O–H groups in total. The van der Waals surface area contributed by atoms with Crippen molar-refractivity contribution in [3.05, 3.63) is 95.1 Å². The van der Waals surface area contributed by atoms with E-state index in [4.69, 9.17) is 0 Å². The van der Waals surface area contributed by atoms with E-state index < -0.39 is 0 Å². The van der Waals surface area contributed by atoms with Gasteiger partial charge in [0.05, 0.1) is 17.7 Å². The number of nitrogens with zero attached hydrogens (tertiary/aromatic N) is 2. The first-order valence-electron chi connectivity index (χ1n) is 11.1. The van der Waals surface area contributed by atoms with E-state index in [0.717, 1.165) is 30.8 Å². The van der Waals surface area contributed by atoms with Crippen LogP contribution in [0, 0.1) is 0 Å². The second kappa shape index (κ2) is 8.48. The van der Waals surface area contributed by atoms with Crippen LogP contribution in [0.25, 0.3) is 11.1 Å². The monoisotopic (exact) mass is 410 g/mol. The van der Waals surface area contributed by atoms with Crippen molar-refractivity contribution >= 4 is 11.8 Å². The molecule has 4 heteroatoms. The van der Waals surface area contributed by atoms with Crippen molar-refractivity contribution in [2.45, 2.75) is 32.4 Å². The van der Waals surface area contributed by atoms with Crippen molar-refractivity contribution in [1.82, 2.24) is 9.80 Å². The Kier molecular flexibility index (Phi) is 5.39. The molecule has 2 amide bonds. The van der Waals surface area contributed by atoms with Crippen LogP contribution in [0.4, 0.5) is 0 Å². The maximum absolute atomic E-state index is 12.9. The van der Waals surface area contributed by atoms with Gasteiger partial charge in [0.15, 0.2) is 0 Å². The highest BCUT2D eigenvalue weighted by Crippen LogP contribution is 2.31. The maximum atomic E-state index is 12.9. The van der Waals surface area contributed by atoms with Gasteiger partial charge in [-0.05, 0) is 60.3 Å². The predicted octanol–water partition coefficient (Wildman–Crippen LogP) is 5.14. The van der Waals surface area contributed by atoms with E-state index in [2.05, 4.69) is 35.2 Å². The molecule has 3 aromatic rings. The van der Waals surface area contributed by atoms with Crippen LogP contribution in [0.3, 0.4) is 0 Å². The third-order valence-electron chi connectivity index (χ3n) is 6.37. The highest BCUT2D eigenvalue weighted by molar-refractivity contribution is 6.21. The third kappa shape index (κ3) is 3.79. The van der Waals surface area contributed by atoms with E-state index in [0.29, 0.717) is 11.1 Å². The van der Waals surface area contributed by atoms with Gasteiger partial charge in [0.1, 0.15) is 0 Å². The summed E-state index contributed by atoms with van der Waals surface area (Å²) in [4.78, 5) is 29.7. The first-order valence-corrected chi connectivity index (χ1v) is 11.1. The standard InChI is InChI=1S/C27H26N2O2/c30-26-24-14-6-7-15-25(24)27(31)29(26)19-21-11-3-5-13-23(21)22-12-4-2-10-20(22)18-28-16-8-1-9-17-28/h2-7,10-15H,1,8-9,16-19H2. The predicted molar refractivity (Wildman–Crippen MR) is 122 cm³/mol. The van der Waals surface area contributed by atoms with Crippen molar-refractivity contribution in [2.75, 3.05) is 13.1 Å². The number of fused-ring (bicyclic) bond motifs is 1. The number of hydrogen-bond acceptors (Lipinski definition) is 3. The summed E-state index contributed by atoms with van der Waals surface area (Å²) in [6, 6.07) is 23.7. The van der Waals surface area contributed by atoms with Crippen molar-refractivity contribution in [1.29, 1.82) is 0 Å². The Morgan fingerprint density at radius 2 is 1.00 bits per heavy atom. The van der Waals surface area contributed by atoms with E-state index in [1.807, 2.05) is 18.2 Å². The second-order valence-corrected chi connectivity index (χ2v) is 8.39. The number of imide groups is 1. The molecule has 0 saturated carbocycles. The topological polar surface area (TPSA) is 40.6 Å². The van der Waals surface area contributed by atoms with Gasteiger partial charge in [0.2, 0.25) is 0 Å². The first kappa shape index (κ1) is 19.7. The Morgan fingerprint density at radius 3 is 1.55 bits per heavy atom. The summed E-state index contributed by atoms with van der Waals surface area (Å²) < 4.78 is 0. The number of amides is 2. The molecule has 0 radical (unpaired) electrons. The molecule has 31 heavy (non-hydrogen) atoms. The number of carbonyl (C=O) groups is 2. The lowest BCUT2D eigenvalue weighted by Crippen LogP contribution is -2.30. The zero-order valence-corrected chi connectivity index (χ0v) is 17.6. The second-order valence-electron chi connectivity index (χ2n) is 8.39. The van der Waals surface area contributed by atoms with Crippen molar-refractivity contribution < 1.29 is 9.59 Å². The molecule has 156 valence electrons. The molecule has 0 aromatic heterocycles. The summed E-state index contributed by atoms with van der Waals surface area (Å²) in [6.45, 7) is 3.49. The smallest absolute Gasteiger partial charge is 0.261 e.